The third kappa shape index (κ3) is 6.13. The van der Waals surface area contributed by atoms with Crippen molar-refractivity contribution in [3.63, 3.8) is 0 Å². The summed E-state index contributed by atoms with van der Waals surface area (Å²) in [5, 5.41) is 20.3. The molecule has 1 aliphatic carbocycles. The van der Waals surface area contributed by atoms with Crippen LogP contribution in [0.1, 0.15) is 60.7 Å². The maximum absolute atomic E-state index is 11.4. The number of aliphatic hydroxyl groups is 2. The van der Waals surface area contributed by atoms with E-state index < -0.39 is 12.2 Å². The zero-order valence-electron chi connectivity index (χ0n) is 20.8. The molecule has 2 atom stereocenters. The molecule has 1 aliphatic rings. The van der Waals surface area contributed by atoms with Crippen LogP contribution in [0.4, 0.5) is 0 Å². The topological polar surface area (TPSA) is 106 Å². The summed E-state index contributed by atoms with van der Waals surface area (Å²) in [4.78, 5) is 8.10. The Bertz CT molecular complexity index is 1080. The molecule has 2 aromatic carbocycles. The Morgan fingerprint density at radius 2 is 1.80 bits per heavy atom. The highest BCUT2D eigenvalue weighted by molar-refractivity contribution is 5.75. The van der Waals surface area contributed by atoms with E-state index in [-0.39, 0.29) is 12.9 Å². The van der Waals surface area contributed by atoms with E-state index in [0.29, 0.717) is 36.5 Å². The third-order valence-electron chi connectivity index (χ3n) is 6.76. The summed E-state index contributed by atoms with van der Waals surface area (Å²) < 4.78 is 22.6. The highest BCUT2D eigenvalue weighted by Crippen LogP contribution is 2.35. The first-order chi connectivity index (χ1) is 17.0. The predicted octanol–water partition coefficient (Wildman–Crippen LogP) is 4.35. The second-order valence-electron chi connectivity index (χ2n) is 9.13. The van der Waals surface area contributed by atoms with Crippen molar-refractivity contribution in [2.75, 3.05) is 21.0 Å². The van der Waals surface area contributed by atoms with Crippen molar-refractivity contribution in [2.45, 2.75) is 70.4 Å². The Kier molecular flexibility index (Phi) is 8.62. The van der Waals surface area contributed by atoms with Crippen LogP contribution in [0.2, 0.25) is 0 Å². The lowest BCUT2D eigenvalue weighted by Crippen LogP contribution is -2.27. The maximum Gasteiger partial charge on any atom is 0.144 e. The molecule has 0 amide bonds. The molecule has 8 nitrogen and oxygen atoms in total. The van der Waals surface area contributed by atoms with E-state index in [4.69, 9.17) is 29.0 Å². The van der Waals surface area contributed by atoms with Gasteiger partial charge in [-0.05, 0) is 61.6 Å². The number of rotatable bonds is 12. The van der Waals surface area contributed by atoms with Crippen LogP contribution in [0.25, 0.3) is 11.0 Å². The molecule has 1 heterocycles. The number of imidazole rings is 1. The van der Waals surface area contributed by atoms with Gasteiger partial charge in [-0.25, -0.2) is 4.98 Å². The molecule has 0 unspecified atom stereocenters. The molecule has 1 saturated carbocycles. The zero-order valence-corrected chi connectivity index (χ0v) is 20.8. The van der Waals surface area contributed by atoms with Crippen molar-refractivity contribution in [1.29, 1.82) is 0 Å². The molecule has 0 radical (unpaired) electrons. The molecule has 1 fully saturated rings. The normalized spacial score (nSPS) is 16.0. The number of methoxy groups -OCH3 is 2. The van der Waals surface area contributed by atoms with Gasteiger partial charge in [-0.2, -0.15) is 0 Å². The molecule has 190 valence electrons. The molecule has 3 aromatic rings. The van der Waals surface area contributed by atoms with Gasteiger partial charge in [0.2, 0.25) is 0 Å². The van der Waals surface area contributed by atoms with Gasteiger partial charge >= 0.3 is 0 Å². The van der Waals surface area contributed by atoms with Gasteiger partial charge in [-0.3, -0.25) is 0 Å². The zero-order chi connectivity index (χ0) is 24.8. The van der Waals surface area contributed by atoms with Crippen molar-refractivity contribution in [3.8, 4) is 11.5 Å². The number of aromatic amines is 1. The van der Waals surface area contributed by atoms with E-state index in [1.807, 2.05) is 37.3 Å². The van der Waals surface area contributed by atoms with Crippen molar-refractivity contribution in [3.05, 3.63) is 52.8 Å². The number of hydrogen-bond donors (Lipinski definition) is 3. The summed E-state index contributed by atoms with van der Waals surface area (Å²) in [5.41, 5.74) is 4.34. The van der Waals surface area contributed by atoms with Crippen molar-refractivity contribution in [1.82, 2.24) is 9.97 Å². The fraction of sp³-hybridized carbons (Fsp3) is 0.519. The summed E-state index contributed by atoms with van der Waals surface area (Å²) in [7, 11) is 3.24. The summed E-state index contributed by atoms with van der Waals surface area (Å²) in [6.07, 6.45) is 4.54. The summed E-state index contributed by atoms with van der Waals surface area (Å²) in [6, 6.07) is 9.61. The fourth-order valence-corrected chi connectivity index (χ4v) is 4.82. The van der Waals surface area contributed by atoms with E-state index in [1.54, 1.807) is 14.2 Å². The number of benzene rings is 2. The Morgan fingerprint density at radius 1 is 1.09 bits per heavy atom. The van der Waals surface area contributed by atoms with Gasteiger partial charge < -0.3 is 34.1 Å². The van der Waals surface area contributed by atoms with Crippen LogP contribution in [-0.4, -0.2) is 53.4 Å². The van der Waals surface area contributed by atoms with Crippen LogP contribution in [0.15, 0.2) is 30.3 Å². The molecular weight excluding hydrogens is 448 g/mol. The first kappa shape index (κ1) is 25.4. The average Bonchev–Trinajstić information content (AvgIpc) is 3.54. The maximum atomic E-state index is 11.4. The van der Waals surface area contributed by atoms with Crippen molar-refractivity contribution >= 4 is 11.0 Å². The molecule has 3 N–H and O–H groups in total. The summed E-state index contributed by atoms with van der Waals surface area (Å²) in [6.45, 7) is 1.96. The van der Waals surface area contributed by atoms with E-state index in [1.165, 1.54) is 0 Å². The van der Waals surface area contributed by atoms with Gasteiger partial charge in [-0.15, -0.1) is 0 Å². The van der Waals surface area contributed by atoms with Crippen LogP contribution in [0, 0.1) is 6.92 Å². The molecule has 0 spiro atoms. The quantitative estimate of drug-likeness (QED) is 0.328. The smallest absolute Gasteiger partial charge is 0.144 e. The number of nitrogens with zero attached hydrogens (tertiary/aromatic N) is 1. The molecule has 8 heteroatoms. The number of ether oxygens (including phenoxy) is 4. The lowest BCUT2D eigenvalue weighted by molar-refractivity contribution is -0.0794. The first-order valence-corrected chi connectivity index (χ1v) is 12.2. The number of hydrogen-bond acceptors (Lipinski definition) is 7. The average molecular weight is 485 g/mol. The number of aliphatic hydroxyl groups excluding tert-OH is 2. The second-order valence-corrected chi connectivity index (χ2v) is 9.13. The SMILES string of the molecule is COc1cc([C@@H](O)[C@H](CCc2nc3cc(COCO)ccc3[nH]2)OC2CCCC2)cc(OC)c1C. The predicted molar refractivity (Wildman–Crippen MR) is 133 cm³/mol. The number of H-pyrrole nitrogens is 1. The molecule has 0 bridgehead atoms. The van der Waals surface area contributed by atoms with Crippen LogP contribution < -0.4 is 9.47 Å². The van der Waals surface area contributed by atoms with Crippen LogP contribution in [-0.2, 0) is 22.5 Å². The van der Waals surface area contributed by atoms with Crippen molar-refractivity contribution in [2.24, 2.45) is 0 Å². The lowest BCUT2D eigenvalue weighted by Gasteiger charge is -2.27. The number of aryl methyl sites for hydroxylation is 1. The van der Waals surface area contributed by atoms with Crippen LogP contribution in [0.5, 0.6) is 11.5 Å². The van der Waals surface area contributed by atoms with Gasteiger partial charge in [0.1, 0.15) is 30.2 Å². The van der Waals surface area contributed by atoms with Crippen LogP contribution in [0.3, 0.4) is 0 Å². The van der Waals surface area contributed by atoms with Gasteiger partial charge in [-0.1, -0.05) is 18.9 Å². The van der Waals surface area contributed by atoms with E-state index in [9.17, 15) is 5.11 Å². The van der Waals surface area contributed by atoms with E-state index >= 15 is 0 Å². The summed E-state index contributed by atoms with van der Waals surface area (Å²) >= 11 is 0. The first-order valence-electron chi connectivity index (χ1n) is 12.2. The largest absolute Gasteiger partial charge is 0.496 e. The van der Waals surface area contributed by atoms with Gasteiger partial charge in [0.05, 0.1) is 44.1 Å². The molecule has 0 saturated heterocycles. The standard InChI is InChI=1S/C27H36N2O6/c1-17-24(32-2)13-19(14-25(17)33-3)27(31)23(35-20-6-4-5-7-20)10-11-26-28-21-9-8-18(15-34-16-30)12-22(21)29-26/h8-9,12-14,20,23,27,30-31H,4-7,10-11,15-16H2,1-3H3,(H,28,29)/t23-,27+/m0/s1. The Labute approximate surface area is 206 Å². The Morgan fingerprint density at radius 3 is 2.46 bits per heavy atom. The molecular formula is C27H36N2O6. The lowest BCUT2D eigenvalue weighted by atomic mass is 9.98. The molecule has 0 aliphatic heterocycles. The minimum atomic E-state index is -0.828. The van der Waals surface area contributed by atoms with Crippen LogP contribution >= 0.6 is 0 Å². The molecule has 4 rings (SSSR count). The Balaban J connectivity index is 1.53. The van der Waals surface area contributed by atoms with Crippen molar-refractivity contribution < 1.29 is 29.2 Å². The third-order valence-corrected chi connectivity index (χ3v) is 6.76. The summed E-state index contributed by atoms with van der Waals surface area (Å²) in [5.74, 6) is 2.19. The van der Waals surface area contributed by atoms with Gasteiger partial charge in [0.25, 0.3) is 0 Å². The number of fused-ring (bicyclic) bond motifs is 1. The van der Waals surface area contributed by atoms with E-state index in [2.05, 4.69) is 4.98 Å². The van der Waals surface area contributed by atoms with E-state index in [0.717, 1.165) is 53.7 Å². The molecule has 1 aromatic heterocycles. The van der Waals surface area contributed by atoms with Gasteiger partial charge in [0.15, 0.2) is 0 Å². The Hall–Kier alpha value is -2.65. The highest BCUT2D eigenvalue weighted by atomic mass is 16.6. The highest BCUT2D eigenvalue weighted by Gasteiger charge is 2.28. The van der Waals surface area contributed by atoms with Gasteiger partial charge in [0, 0.05) is 12.0 Å². The minimum absolute atomic E-state index is 0.161. The number of aromatic nitrogens is 2. The number of nitrogens with one attached hydrogen (secondary N) is 1. The fourth-order valence-electron chi connectivity index (χ4n) is 4.82. The molecule has 35 heavy (non-hydrogen) atoms. The second kappa shape index (κ2) is 11.9. The monoisotopic (exact) mass is 484 g/mol. The minimum Gasteiger partial charge on any atom is -0.496 e.